The topological polar surface area (TPSA) is 51.2 Å². The van der Waals surface area contributed by atoms with Crippen LogP contribution >= 0.6 is 11.3 Å². The highest BCUT2D eigenvalue weighted by atomic mass is 32.1. The third kappa shape index (κ3) is 2.84. The van der Waals surface area contributed by atoms with E-state index in [9.17, 15) is 9.18 Å². The van der Waals surface area contributed by atoms with Crippen molar-refractivity contribution in [2.75, 3.05) is 12.4 Å². The SMILES string of the molecule is COC(=O)C(Nc1ccc(F)cc1)c1cncs1. The van der Waals surface area contributed by atoms with Crippen LogP contribution in [0, 0.1) is 5.82 Å². The van der Waals surface area contributed by atoms with Gasteiger partial charge in [-0.2, -0.15) is 0 Å². The zero-order valence-corrected chi connectivity index (χ0v) is 10.4. The Bertz CT molecular complexity index is 513. The molecule has 0 amide bonds. The maximum Gasteiger partial charge on any atom is 0.333 e. The third-order valence-electron chi connectivity index (χ3n) is 2.33. The highest BCUT2D eigenvalue weighted by Gasteiger charge is 2.22. The Labute approximate surface area is 107 Å². The minimum absolute atomic E-state index is 0.326. The van der Waals surface area contributed by atoms with E-state index in [2.05, 4.69) is 10.3 Å². The number of esters is 1. The number of halogens is 1. The van der Waals surface area contributed by atoms with Crippen molar-refractivity contribution in [3.05, 3.63) is 46.7 Å². The summed E-state index contributed by atoms with van der Waals surface area (Å²) < 4.78 is 17.5. The first-order valence-electron chi connectivity index (χ1n) is 5.19. The Balaban J connectivity index is 2.20. The van der Waals surface area contributed by atoms with Gasteiger partial charge in [0.15, 0.2) is 6.04 Å². The predicted octanol–water partition coefficient (Wildman–Crippen LogP) is 2.61. The molecule has 2 rings (SSSR count). The molecular formula is C12H11FN2O2S. The van der Waals surface area contributed by atoms with Crippen molar-refractivity contribution >= 4 is 23.0 Å². The molecule has 18 heavy (non-hydrogen) atoms. The summed E-state index contributed by atoms with van der Waals surface area (Å²) >= 11 is 1.35. The molecule has 2 aromatic rings. The quantitative estimate of drug-likeness (QED) is 0.864. The van der Waals surface area contributed by atoms with Crippen LogP contribution in [0.3, 0.4) is 0 Å². The molecule has 1 heterocycles. The summed E-state index contributed by atoms with van der Waals surface area (Å²) in [4.78, 5) is 16.4. The van der Waals surface area contributed by atoms with Gasteiger partial charge in [0.1, 0.15) is 5.82 Å². The van der Waals surface area contributed by atoms with E-state index in [-0.39, 0.29) is 5.82 Å². The number of rotatable bonds is 4. The molecule has 0 bridgehead atoms. The van der Waals surface area contributed by atoms with Crippen LogP contribution in [0.1, 0.15) is 10.9 Å². The minimum atomic E-state index is -0.632. The van der Waals surface area contributed by atoms with Crippen LogP contribution in [0.2, 0.25) is 0 Å². The average molecular weight is 266 g/mol. The van der Waals surface area contributed by atoms with Crippen LogP contribution in [0.15, 0.2) is 36.0 Å². The maximum atomic E-state index is 12.8. The lowest BCUT2D eigenvalue weighted by molar-refractivity contribution is -0.141. The molecular weight excluding hydrogens is 255 g/mol. The number of methoxy groups -OCH3 is 1. The van der Waals surface area contributed by atoms with Crippen LogP contribution in [-0.4, -0.2) is 18.1 Å². The summed E-state index contributed by atoms with van der Waals surface area (Å²) in [5.41, 5.74) is 2.28. The summed E-state index contributed by atoms with van der Waals surface area (Å²) in [5.74, 6) is -0.739. The molecule has 1 atom stereocenters. The van der Waals surface area contributed by atoms with Gasteiger partial charge < -0.3 is 10.1 Å². The highest BCUT2D eigenvalue weighted by Crippen LogP contribution is 2.23. The van der Waals surface area contributed by atoms with Crippen LogP contribution < -0.4 is 5.32 Å². The molecule has 94 valence electrons. The van der Waals surface area contributed by atoms with Gasteiger partial charge in [-0.15, -0.1) is 11.3 Å². The van der Waals surface area contributed by atoms with Crippen LogP contribution in [0.4, 0.5) is 10.1 Å². The van der Waals surface area contributed by atoms with Crippen molar-refractivity contribution < 1.29 is 13.9 Å². The molecule has 1 unspecified atom stereocenters. The lowest BCUT2D eigenvalue weighted by Crippen LogP contribution is -2.21. The van der Waals surface area contributed by atoms with Crippen molar-refractivity contribution in [3.8, 4) is 0 Å². The van der Waals surface area contributed by atoms with Gasteiger partial charge in [-0.3, -0.25) is 4.98 Å². The van der Waals surface area contributed by atoms with E-state index < -0.39 is 12.0 Å². The molecule has 0 aliphatic carbocycles. The van der Waals surface area contributed by atoms with Gasteiger partial charge >= 0.3 is 5.97 Å². The lowest BCUT2D eigenvalue weighted by atomic mass is 10.2. The minimum Gasteiger partial charge on any atom is -0.467 e. The first-order valence-corrected chi connectivity index (χ1v) is 6.07. The standard InChI is InChI=1S/C12H11FN2O2S/c1-17-12(16)11(10-6-14-7-18-10)15-9-4-2-8(13)3-5-9/h2-7,11,15H,1H3. The number of ether oxygens (including phenoxy) is 1. The monoisotopic (exact) mass is 266 g/mol. The number of carbonyl (C=O) groups excluding carboxylic acids is 1. The summed E-state index contributed by atoms with van der Waals surface area (Å²) in [6.07, 6.45) is 1.60. The van der Waals surface area contributed by atoms with Gasteiger partial charge in [-0.05, 0) is 24.3 Å². The number of thiazole rings is 1. The molecule has 0 spiro atoms. The fraction of sp³-hybridized carbons (Fsp3) is 0.167. The molecule has 0 aliphatic heterocycles. The molecule has 0 fully saturated rings. The van der Waals surface area contributed by atoms with Gasteiger partial charge in [-0.1, -0.05) is 0 Å². The first-order chi connectivity index (χ1) is 8.70. The zero-order chi connectivity index (χ0) is 13.0. The van der Waals surface area contributed by atoms with Crippen molar-refractivity contribution in [3.63, 3.8) is 0 Å². The fourth-order valence-corrected chi connectivity index (χ4v) is 2.10. The largest absolute Gasteiger partial charge is 0.467 e. The summed E-state index contributed by atoms with van der Waals surface area (Å²) in [6, 6.07) is 5.14. The van der Waals surface area contributed by atoms with E-state index in [4.69, 9.17) is 4.74 Å². The number of aromatic nitrogens is 1. The summed E-state index contributed by atoms with van der Waals surface area (Å²) in [5, 5.41) is 2.99. The normalized spacial score (nSPS) is 11.9. The van der Waals surface area contributed by atoms with Crippen LogP contribution in [0.5, 0.6) is 0 Å². The molecule has 0 aliphatic rings. The van der Waals surface area contributed by atoms with E-state index in [1.54, 1.807) is 23.8 Å². The smallest absolute Gasteiger partial charge is 0.333 e. The molecule has 4 nitrogen and oxygen atoms in total. The summed E-state index contributed by atoms with van der Waals surface area (Å²) in [7, 11) is 1.32. The van der Waals surface area contributed by atoms with Crippen molar-refractivity contribution in [1.82, 2.24) is 4.98 Å². The Morgan fingerprint density at radius 2 is 2.17 bits per heavy atom. The average Bonchev–Trinajstić information content (AvgIpc) is 2.91. The van der Waals surface area contributed by atoms with Gasteiger partial charge in [0.05, 0.1) is 17.5 Å². The van der Waals surface area contributed by atoms with Gasteiger partial charge in [0, 0.05) is 11.9 Å². The van der Waals surface area contributed by atoms with E-state index in [0.717, 1.165) is 4.88 Å². The molecule has 1 N–H and O–H groups in total. The number of nitrogens with zero attached hydrogens (tertiary/aromatic N) is 1. The molecule has 0 radical (unpaired) electrons. The third-order valence-corrected chi connectivity index (χ3v) is 3.17. The highest BCUT2D eigenvalue weighted by molar-refractivity contribution is 7.09. The second kappa shape index (κ2) is 5.59. The number of carbonyl (C=O) groups is 1. The second-order valence-corrected chi connectivity index (χ2v) is 4.43. The van der Waals surface area contributed by atoms with Gasteiger partial charge in [0.25, 0.3) is 0 Å². The number of anilines is 1. The van der Waals surface area contributed by atoms with E-state index in [1.807, 2.05) is 0 Å². The molecule has 6 heteroatoms. The van der Waals surface area contributed by atoms with Crippen molar-refractivity contribution in [1.29, 1.82) is 0 Å². The fourth-order valence-electron chi connectivity index (χ4n) is 1.45. The van der Waals surface area contributed by atoms with E-state index in [0.29, 0.717) is 5.69 Å². The Morgan fingerprint density at radius 3 is 2.72 bits per heavy atom. The van der Waals surface area contributed by atoms with Crippen LogP contribution in [-0.2, 0) is 9.53 Å². The molecule has 1 aromatic carbocycles. The zero-order valence-electron chi connectivity index (χ0n) is 9.59. The predicted molar refractivity (Wildman–Crippen MR) is 66.9 cm³/mol. The van der Waals surface area contributed by atoms with Gasteiger partial charge in [0.2, 0.25) is 0 Å². The second-order valence-electron chi connectivity index (χ2n) is 3.51. The Morgan fingerprint density at radius 1 is 1.44 bits per heavy atom. The summed E-state index contributed by atoms with van der Waals surface area (Å²) in [6.45, 7) is 0. The van der Waals surface area contributed by atoms with Crippen molar-refractivity contribution in [2.45, 2.75) is 6.04 Å². The van der Waals surface area contributed by atoms with Gasteiger partial charge in [-0.25, -0.2) is 9.18 Å². The molecule has 1 aromatic heterocycles. The maximum absolute atomic E-state index is 12.8. The first kappa shape index (κ1) is 12.5. The lowest BCUT2D eigenvalue weighted by Gasteiger charge is -2.15. The number of benzene rings is 1. The van der Waals surface area contributed by atoms with E-state index in [1.165, 1.54) is 30.6 Å². The Kier molecular flexibility index (Phi) is 3.88. The molecule has 0 saturated heterocycles. The Hall–Kier alpha value is -1.95. The van der Waals surface area contributed by atoms with Crippen molar-refractivity contribution in [2.24, 2.45) is 0 Å². The number of hydrogen-bond acceptors (Lipinski definition) is 5. The number of hydrogen-bond donors (Lipinski definition) is 1. The van der Waals surface area contributed by atoms with E-state index >= 15 is 0 Å². The number of nitrogens with one attached hydrogen (secondary N) is 1. The van der Waals surface area contributed by atoms with Crippen LogP contribution in [0.25, 0.3) is 0 Å². The molecule has 0 saturated carbocycles.